The summed E-state index contributed by atoms with van der Waals surface area (Å²) >= 11 is 0. The fourth-order valence-electron chi connectivity index (χ4n) is 5.81. The summed E-state index contributed by atoms with van der Waals surface area (Å²) in [7, 11) is 0. The van der Waals surface area contributed by atoms with E-state index in [1.165, 1.54) is 11.1 Å². The van der Waals surface area contributed by atoms with E-state index >= 15 is 0 Å². The molecule has 0 saturated heterocycles. The SMILES string of the molecule is CCOC(=O)C1=C(C)C=c2oc(=CC3=CC(c4ccccc4)C=C3c3ccc(C)cc3)c(O)c2C1c1ccccc1. The highest BCUT2D eigenvalue weighted by Crippen LogP contribution is 2.40. The van der Waals surface area contributed by atoms with Gasteiger partial charge in [0.2, 0.25) is 0 Å². The van der Waals surface area contributed by atoms with Gasteiger partial charge < -0.3 is 14.3 Å². The van der Waals surface area contributed by atoms with E-state index < -0.39 is 5.92 Å². The van der Waals surface area contributed by atoms with Crippen LogP contribution < -0.4 is 10.8 Å². The van der Waals surface area contributed by atoms with Crippen molar-refractivity contribution in [3.63, 3.8) is 0 Å². The van der Waals surface area contributed by atoms with Crippen LogP contribution in [0.3, 0.4) is 0 Å². The van der Waals surface area contributed by atoms with E-state index in [9.17, 15) is 9.90 Å². The summed E-state index contributed by atoms with van der Waals surface area (Å²) in [6, 6.07) is 28.6. The number of hydrogen-bond acceptors (Lipinski definition) is 4. The average Bonchev–Trinajstić information content (AvgIpc) is 3.54. The molecule has 2 atom stereocenters. The van der Waals surface area contributed by atoms with Crippen molar-refractivity contribution < 1.29 is 19.1 Å². The molecule has 1 heterocycles. The summed E-state index contributed by atoms with van der Waals surface area (Å²) in [5, 5.41) is 11.7. The van der Waals surface area contributed by atoms with Gasteiger partial charge in [-0.25, -0.2) is 4.79 Å². The number of rotatable bonds is 6. The summed E-state index contributed by atoms with van der Waals surface area (Å²) in [6.07, 6.45) is 8.20. The minimum Gasteiger partial charge on any atom is -0.504 e. The smallest absolute Gasteiger partial charge is 0.335 e. The molecule has 1 N–H and O–H groups in total. The van der Waals surface area contributed by atoms with Crippen LogP contribution in [0.4, 0.5) is 0 Å². The van der Waals surface area contributed by atoms with Crippen molar-refractivity contribution >= 4 is 23.7 Å². The Morgan fingerprint density at radius 1 is 0.902 bits per heavy atom. The first-order valence-electron chi connectivity index (χ1n) is 14.0. The van der Waals surface area contributed by atoms with Crippen molar-refractivity contribution in [1.82, 2.24) is 0 Å². The van der Waals surface area contributed by atoms with Gasteiger partial charge in [0.05, 0.1) is 17.7 Å². The molecule has 2 aliphatic rings. The van der Waals surface area contributed by atoms with E-state index in [4.69, 9.17) is 9.15 Å². The molecular weight excluding hydrogens is 508 g/mol. The normalized spacial score (nSPS) is 18.5. The number of esters is 1. The molecule has 2 unspecified atom stereocenters. The van der Waals surface area contributed by atoms with Crippen molar-refractivity contribution in [2.75, 3.05) is 6.61 Å². The molecule has 41 heavy (non-hydrogen) atoms. The Balaban J connectivity index is 1.51. The third-order valence-corrected chi connectivity index (χ3v) is 7.80. The number of carbonyl (C=O) groups is 1. The van der Waals surface area contributed by atoms with Gasteiger partial charge in [-0.15, -0.1) is 0 Å². The van der Waals surface area contributed by atoms with Crippen LogP contribution in [0.25, 0.3) is 17.7 Å². The molecule has 0 bridgehead atoms. The van der Waals surface area contributed by atoms with Gasteiger partial charge in [-0.3, -0.25) is 0 Å². The number of fused-ring (bicyclic) bond motifs is 1. The van der Waals surface area contributed by atoms with Gasteiger partial charge >= 0.3 is 5.97 Å². The van der Waals surface area contributed by atoms with E-state index in [1.807, 2.05) is 67.6 Å². The predicted octanol–water partition coefficient (Wildman–Crippen LogP) is 6.69. The summed E-state index contributed by atoms with van der Waals surface area (Å²) in [4.78, 5) is 13.2. The van der Waals surface area contributed by atoms with E-state index in [1.54, 1.807) is 6.92 Å². The zero-order valence-electron chi connectivity index (χ0n) is 23.4. The van der Waals surface area contributed by atoms with Crippen molar-refractivity contribution in [2.24, 2.45) is 0 Å². The number of aryl methyl sites for hydroxylation is 1. The molecule has 4 nitrogen and oxygen atoms in total. The second-order valence-electron chi connectivity index (χ2n) is 10.5. The maximum absolute atomic E-state index is 13.2. The van der Waals surface area contributed by atoms with E-state index in [2.05, 4.69) is 55.5 Å². The molecule has 0 spiro atoms. The standard InChI is InChI=1S/C37H32O4/c1-4-40-37(39)33-24(3)19-31-35(34(33)27-13-9-6-10-14-27)36(38)32(41-31)22-29-20-28(25-11-7-5-8-12-25)21-30(29)26-17-15-23(2)16-18-26/h5-22,28,34,38H,4H2,1-3H3. The van der Waals surface area contributed by atoms with Crippen LogP contribution in [-0.4, -0.2) is 17.7 Å². The molecule has 1 aromatic heterocycles. The zero-order chi connectivity index (χ0) is 28.5. The molecule has 0 saturated carbocycles. The Morgan fingerprint density at radius 2 is 1.56 bits per heavy atom. The summed E-state index contributed by atoms with van der Waals surface area (Å²) in [5.41, 5.74) is 9.19. The summed E-state index contributed by atoms with van der Waals surface area (Å²) in [6.45, 7) is 6.03. The summed E-state index contributed by atoms with van der Waals surface area (Å²) < 4.78 is 11.8. The minimum absolute atomic E-state index is 0.0340. The number of aromatic hydroxyl groups is 1. The summed E-state index contributed by atoms with van der Waals surface area (Å²) in [5.74, 6) is -0.774. The molecule has 0 aliphatic heterocycles. The van der Waals surface area contributed by atoms with Crippen LogP contribution >= 0.6 is 0 Å². The number of furan rings is 1. The Morgan fingerprint density at radius 3 is 2.22 bits per heavy atom. The first-order chi connectivity index (χ1) is 19.9. The number of allylic oxidation sites excluding steroid dienone is 5. The third-order valence-electron chi connectivity index (χ3n) is 7.80. The second-order valence-corrected chi connectivity index (χ2v) is 10.5. The lowest BCUT2D eigenvalue weighted by molar-refractivity contribution is -0.138. The number of hydrogen-bond donors (Lipinski definition) is 1. The van der Waals surface area contributed by atoms with Crippen LogP contribution in [0.2, 0.25) is 0 Å². The highest BCUT2D eigenvalue weighted by Gasteiger charge is 2.35. The minimum atomic E-state index is -0.511. The monoisotopic (exact) mass is 540 g/mol. The van der Waals surface area contributed by atoms with Crippen LogP contribution in [-0.2, 0) is 9.53 Å². The van der Waals surface area contributed by atoms with Gasteiger partial charge in [0, 0.05) is 11.8 Å². The second kappa shape index (κ2) is 11.0. The van der Waals surface area contributed by atoms with Crippen molar-refractivity contribution in [3.05, 3.63) is 152 Å². The highest BCUT2D eigenvalue weighted by molar-refractivity contribution is 5.95. The lowest BCUT2D eigenvalue weighted by Gasteiger charge is -2.23. The first-order valence-corrected chi connectivity index (χ1v) is 14.0. The fourth-order valence-corrected chi connectivity index (χ4v) is 5.81. The van der Waals surface area contributed by atoms with Crippen molar-refractivity contribution in [2.45, 2.75) is 32.6 Å². The third kappa shape index (κ3) is 4.98. The maximum Gasteiger partial charge on any atom is 0.335 e. The largest absolute Gasteiger partial charge is 0.504 e. The Bertz CT molecular complexity index is 1820. The van der Waals surface area contributed by atoms with Crippen LogP contribution in [0.5, 0.6) is 5.75 Å². The molecule has 4 heteroatoms. The molecular formula is C37H32O4. The number of ether oxygens (including phenoxy) is 1. The van der Waals surface area contributed by atoms with Crippen molar-refractivity contribution in [1.29, 1.82) is 0 Å². The molecule has 0 radical (unpaired) electrons. The van der Waals surface area contributed by atoms with Gasteiger partial charge in [-0.1, -0.05) is 103 Å². The molecule has 2 aliphatic carbocycles. The molecule has 0 fully saturated rings. The van der Waals surface area contributed by atoms with Crippen LogP contribution in [0, 0.1) is 6.92 Å². The molecule has 3 aromatic carbocycles. The molecule has 4 aromatic rings. The fraction of sp³-hybridized carbons (Fsp3) is 0.162. The van der Waals surface area contributed by atoms with Gasteiger partial charge in [0.15, 0.2) is 11.2 Å². The van der Waals surface area contributed by atoms with Gasteiger partial charge in [-0.05, 0) is 66.3 Å². The highest BCUT2D eigenvalue weighted by atomic mass is 16.5. The number of benzene rings is 3. The average molecular weight is 541 g/mol. The Kier molecular flexibility index (Phi) is 7.07. The van der Waals surface area contributed by atoms with Gasteiger partial charge in [0.1, 0.15) is 5.42 Å². The maximum atomic E-state index is 13.2. The quantitative estimate of drug-likeness (QED) is 0.277. The van der Waals surface area contributed by atoms with Gasteiger partial charge in [0.25, 0.3) is 0 Å². The van der Waals surface area contributed by atoms with Crippen molar-refractivity contribution in [3.8, 4) is 5.75 Å². The van der Waals surface area contributed by atoms with E-state index in [0.29, 0.717) is 22.0 Å². The topological polar surface area (TPSA) is 59.7 Å². The molecule has 0 amide bonds. The molecule has 6 rings (SSSR count). The molecule has 204 valence electrons. The number of carbonyl (C=O) groups excluding carboxylic acids is 1. The predicted molar refractivity (Wildman–Crippen MR) is 163 cm³/mol. The van der Waals surface area contributed by atoms with E-state index in [-0.39, 0.29) is 24.2 Å². The van der Waals surface area contributed by atoms with E-state index in [0.717, 1.165) is 27.8 Å². The lowest BCUT2D eigenvalue weighted by atomic mass is 9.80. The Labute approximate surface area is 239 Å². The lowest BCUT2D eigenvalue weighted by Crippen LogP contribution is -2.24. The Hall–Kier alpha value is -4.83. The zero-order valence-corrected chi connectivity index (χ0v) is 23.4. The van der Waals surface area contributed by atoms with Crippen LogP contribution in [0.15, 0.2) is 118 Å². The van der Waals surface area contributed by atoms with Crippen LogP contribution in [0.1, 0.15) is 53.5 Å². The van der Waals surface area contributed by atoms with Gasteiger partial charge in [-0.2, -0.15) is 0 Å². The first kappa shape index (κ1) is 26.4.